The molecule has 64 valence electrons. The minimum Gasteiger partial charge on any atom is -0.501 e. The lowest BCUT2D eigenvalue weighted by Gasteiger charge is -1.96. The average Bonchev–Trinajstić information content (AvgIpc) is 2.10. The standard InChI is InChI=1S/C9H12N2O/c1-9(12-2)5-3-4-7-11-8-6-10/h3-4,7H,1,5,8H2,2H3/b4-3-,11-7-. The van der Waals surface area contributed by atoms with E-state index in [4.69, 9.17) is 10.00 Å². The van der Waals surface area contributed by atoms with Gasteiger partial charge in [0.25, 0.3) is 0 Å². The Morgan fingerprint density at radius 3 is 3.08 bits per heavy atom. The van der Waals surface area contributed by atoms with Gasteiger partial charge in [0.05, 0.1) is 18.9 Å². The molecule has 0 aliphatic carbocycles. The monoisotopic (exact) mass is 164 g/mol. The molecular formula is C9H12N2O. The molecule has 0 rings (SSSR count). The first kappa shape index (κ1) is 10.4. The fourth-order valence-electron chi connectivity index (χ4n) is 0.498. The van der Waals surface area contributed by atoms with Crippen molar-refractivity contribution in [2.75, 3.05) is 13.7 Å². The molecule has 0 fully saturated rings. The van der Waals surface area contributed by atoms with Crippen molar-refractivity contribution in [2.24, 2.45) is 4.99 Å². The first-order valence-corrected chi connectivity index (χ1v) is 3.55. The van der Waals surface area contributed by atoms with E-state index in [1.807, 2.05) is 12.1 Å². The third-order valence-electron chi connectivity index (χ3n) is 1.12. The third-order valence-corrected chi connectivity index (χ3v) is 1.12. The van der Waals surface area contributed by atoms with Crippen LogP contribution in [0.2, 0.25) is 0 Å². The largest absolute Gasteiger partial charge is 0.501 e. The molecule has 0 spiro atoms. The molecule has 0 unspecified atom stereocenters. The van der Waals surface area contributed by atoms with E-state index in [2.05, 4.69) is 11.6 Å². The Balaban J connectivity index is 3.51. The molecule has 0 N–H and O–H groups in total. The molecule has 0 bridgehead atoms. The second kappa shape index (κ2) is 7.55. The minimum absolute atomic E-state index is 0.204. The highest BCUT2D eigenvalue weighted by Gasteiger charge is 1.83. The lowest BCUT2D eigenvalue weighted by molar-refractivity contribution is 0.287. The summed E-state index contributed by atoms with van der Waals surface area (Å²) in [5, 5.41) is 8.13. The normalized spacial score (nSPS) is 10.3. The van der Waals surface area contributed by atoms with Gasteiger partial charge in [-0.05, 0) is 6.08 Å². The van der Waals surface area contributed by atoms with Crippen LogP contribution < -0.4 is 0 Å². The number of methoxy groups -OCH3 is 1. The maximum Gasteiger partial charge on any atom is 0.126 e. The van der Waals surface area contributed by atoms with Gasteiger partial charge < -0.3 is 4.74 Å². The number of nitriles is 1. The van der Waals surface area contributed by atoms with Crippen LogP contribution in [0.1, 0.15) is 6.42 Å². The van der Waals surface area contributed by atoms with Gasteiger partial charge >= 0.3 is 0 Å². The second-order valence-electron chi connectivity index (χ2n) is 2.02. The summed E-state index contributed by atoms with van der Waals surface area (Å²) in [7, 11) is 1.58. The number of rotatable bonds is 5. The highest BCUT2D eigenvalue weighted by Crippen LogP contribution is 1.97. The molecule has 0 aliphatic rings. The van der Waals surface area contributed by atoms with Crippen LogP contribution in [0.15, 0.2) is 29.5 Å². The summed E-state index contributed by atoms with van der Waals surface area (Å²) in [6.45, 7) is 3.84. The van der Waals surface area contributed by atoms with Crippen molar-refractivity contribution in [3.63, 3.8) is 0 Å². The van der Waals surface area contributed by atoms with E-state index in [0.29, 0.717) is 12.2 Å². The Morgan fingerprint density at radius 2 is 2.50 bits per heavy atom. The Labute approximate surface area is 72.7 Å². The van der Waals surface area contributed by atoms with E-state index in [1.54, 1.807) is 19.4 Å². The first-order chi connectivity index (χ1) is 5.81. The molecule has 3 nitrogen and oxygen atoms in total. The summed E-state index contributed by atoms with van der Waals surface area (Å²) in [4.78, 5) is 3.77. The predicted molar refractivity (Wildman–Crippen MR) is 48.9 cm³/mol. The number of allylic oxidation sites excluding steroid dienone is 2. The fourth-order valence-corrected chi connectivity index (χ4v) is 0.498. The zero-order valence-electron chi connectivity index (χ0n) is 7.16. The molecule has 0 heterocycles. The number of hydrogen-bond donors (Lipinski definition) is 0. The van der Waals surface area contributed by atoms with Gasteiger partial charge in [-0.3, -0.25) is 4.99 Å². The highest BCUT2D eigenvalue weighted by molar-refractivity contribution is 5.71. The molecule has 0 radical (unpaired) electrons. The average molecular weight is 164 g/mol. The molecule has 0 aromatic carbocycles. The van der Waals surface area contributed by atoms with E-state index >= 15 is 0 Å². The Bertz CT molecular complexity index is 223. The minimum atomic E-state index is 0.204. The summed E-state index contributed by atoms with van der Waals surface area (Å²) in [5.41, 5.74) is 0. The number of aliphatic imine (C=N–C) groups is 1. The molecule has 0 saturated carbocycles. The molecule has 0 aliphatic heterocycles. The van der Waals surface area contributed by atoms with Crippen molar-refractivity contribution < 1.29 is 4.74 Å². The number of ether oxygens (including phenoxy) is 1. The zero-order valence-corrected chi connectivity index (χ0v) is 7.16. The van der Waals surface area contributed by atoms with Gasteiger partial charge in [-0.1, -0.05) is 12.7 Å². The molecule has 0 amide bonds. The van der Waals surface area contributed by atoms with Crippen LogP contribution in [0.5, 0.6) is 0 Å². The third kappa shape index (κ3) is 6.56. The summed E-state index contributed by atoms with van der Waals surface area (Å²) in [5.74, 6) is 0.708. The molecule has 3 heteroatoms. The van der Waals surface area contributed by atoms with Crippen molar-refractivity contribution in [1.82, 2.24) is 0 Å². The Hall–Kier alpha value is -1.56. The molecule has 0 aromatic rings. The van der Waals surface area contributed by atoms with Crippen molar-refractivity contribution in [3.05, 3.63) is 24.5 Å². The van der Waals surface area contributed by atoms with Crippen molar-refractivity contribution in [2.45, 2.75) is 6.42 Å². The van der Waals surface area contributed by atoms with Crippen LogP contribution in [0, 0.1) is 11.3 Å². The van der Waals surface area contributed by atoms with Gasteiger partial charge in [0.1, 0.15) is 6.54 Å². The van der Waals surface area contributed by atoms with E-state index < -0.39 is 0 Å². The molecule has 0 atom stereocenters. The molecular weight excluding hydrogens is 152 g/mol. The van der Waals surface area contributed by atoms with Crippen molar-refractivity contribution >= 4 is 6.21 Å². The fraction of sp³-hybridized carbons (Fsp3) is 0.333. The van der Waals surface area contributed by atoms with Crippen LogP contribution in [0.25, 0.3) is 0 Å². The van der Waals surface area contributed by atoms with Crippen molar-refractivity contribution in [1.29, 1.82) is 5.26 Å². The Morgan fingerprint density at radius 1 is 1.75 bits per heavy atom. The van der Waals surface area contributed by atoms with Crippen LogP contribution in [-0.4, -0.2) is 19.9 Å². The van der Waals surface area contributed by atoms with Crippen LogP contribution in [0.3, 0.4) is 0 Å². The summed E-state index contributed by atoms with van der Waals surface area (Å²) in [6.07, 6.45) is 5.90. The molecule has 0 aromatic heterocycles. The van der Waals surface area contributed by atoms with Gasteiger partial charge in [-0.25, -0.2) is 0 Å². The van der Waals surface area contributed by atoms with Gasteiger partial charge in [0.15, 0.2) is 0 Å². The van der Waals surface area contributed by atoms with Gasteiger partial charge in [-0.15, -0.1) is 0 Å². The maximum atomic E-state index is 8.13. The van der Waals surface area contributed by atoms with E-state index in [1.165, 1.54) is 0 Å². The van der Waals surface area contributed by atoms with Crippen molar-refractivity contribution in [3.8, 4) is 6.07 Å². The van der Waals surface area contributed by atoms with Gasteiger partial charge in [0, 0.05) is 12.6 Å². The van der Waals surface area contributed by atoms with Gasteiger partial charge in [-0.2, -0.15) is 5.26 Å². The maximum absolute atomic E-state index is 8.13. The molecule has 0 saturated heterocycles. The number of hydrogen-bond acceptors (Lipinski definition) is 3. The smallest absolute Gasteiger partial charge is 0.126 e. The van der Waals surface area contributed by atoms with E-state index in [-0.39, 0.29) is 6.54 Å². The van der Waals surface area contributed by atoms with Crippen LogP contribution >= 0.6 is 0 Å². The highest BCUT2D eigenvalue weighted by atomic mass is 16.5. The first-order valence-electron chi connectivity index (χ1n) is 3.55. The lowest BCUT2D eigenvalue weighted by atomic mass is 10.3. The van der Waals surface area contributed by atoms with Crippen LogP contribution in [-0.2, 0) is 4.74 Å². The second-order valence-corrected chi connectivity index (χ2v) is 2.02. The van der Waals surface area contributed by atoms with Gasteiger partial charge in [0.2, 0.25) is 0 Å². The van der Waals surface area contributed by atoms with Crippen LogP contribution in [0.4, 0.5) is 0 Å². The summed E-state index contributed by atoms with van der Waals surface area (Å²) < 4.78 is 4.84. The lowest BCUT2D eigenvalue weighted by Crippen LogP contribution is -1.80. The zero-order chi connectivity index (χ0) is 9.23. The SMILES string of the molecule is C=C(C/C=C\C=N/CC#N)OC. The summed E-state index contributed by atoms with van der Waals surface area (Å²) >= 11 is 0. The topological polar surface area (TPSA) is 45.4 Å². The Kier molecular flexibility index (Phi) is 6.56. The molecule has 12 heavy (non-hydrogen) atoms. The quantitative estimate of drug-likeness (QED) is 0.352. The van der Waals surface area contributed by atoms with E-state index in [9.17, 15) is 0 Å². The predicted octanol–water partition coefficient (Wildman–Crippen LogP) is 1.69. The summed E-state index contributed by atoms with van der Waals surface area (Å²) in [6, 6.07) is 1.90. The number of nitrogens with zero attached hydrogens (tertiary/aromatic N) is 2. The van der Waals surface area contributed by atoms with E-state index in [0.717, 1.165) is 0 Å².